The fourth-order valence-corrected chi connectivity index (χ4v) is 1.62. The molecule has 0 unspecified atom stereocenters. The number of ether oxygens (including phenoxy) is 2. The average Bonchev–Trinajstić information content (AvgIpc) is 2.37. The van der Waals surface area contributed by atoms with Crippen molar-refractivity contribution in [1.82, 2.24) is 0 Å². The molecule has 0 fully saturated rings. The summed E-state index contributed by atoms with van der Waals surface area (Å²) in [6, 6.07) is 7.63. The van der Waals surface area contributed by atoms with Crippen molar-refractivity contribution in [3.05, 3.63) is 29.8 Å². The second-order valence-electron chi connectivity index (χ2n) is 4.72. The first-order valence-corrected chi connectivity index (χ1v) is 6.43. The van der Waals surface area contributed by atoms with Crippen molar-refractivity contribution in [2.45, 2.75) is 39.5 Å². The van der Waals surface area contributed by atoms with Crippen LogP contribution in [0.4, 0.5) is 0 Å². The van der Waals surface area contributed by atoms with E-state index in [0.717, 1.165) is 17.7 Å². The van der Waals surface area contributed by atoms with Gasteiger partial charge in [-0.3, -0.25) is 4.79 Å². The Bertz CT molecular complexity index is 379. The highest BCUT2D eigenvalue weighted by Crippen LogP contribution is 2.26. The zero-order valence-electron chi connectivity index (χ0n) is 11.7. The molecule has 0 saturated carbocycles. The van der Waals surface area contributed by atoms with E-state index in [1.807, 2.05) is 45.0 Å². The lowest BCUT2D eigenvalue weighted by molar-refractivity contribution is -0.148. The standard InChI is InChI=1S/C15H22O3/c1-5-11-18-13-9-7-12(8-10-13)15(3,4)14(16)17-6-2/h7-10H,5-6,11H2,1-4H3. The van der Waals surface area contributed by atoms with Gasteiger partial charge in [0.05, 0.1) is 18.6 Å². The first kappa shape index (κ1) is 14.6. The van der Waals surface area contributed by atoms with Gasteiger partial charge in [0.2, 0.25) is 0 Å². The molecule has 0 aliphatic rings. The molecule has 100 valence electrons. The summed E-state index contributed by atoms with van der Waals surface area (Å²) in [6.07, 6.45) is 0.982. The molecule has 0 spiro atoms. The second kappa shape index (κ2) is 6.43. The molecule has 0 aromatic heterocycles. The molecule has 3 heteroatoms. The number of benzene rings is 1. The lowest BCUT2D eigenvalue weighted by atomic mass is 9.85. The lowest BCUT2D eigenvalue weighted by Crippen LogP contribution is -2.31. The van der Waals surface area contributed by atoms with Crippen molar-refractivity contribution in [1.29, 1.82) is 0 Å². The molecule has 1 aromatic carbocycles. The van der Waals surface area contributed by atoms with Crippen LogP contribution < -0.4 is 4.74 Å². The van der Waals surface area contributed by atoms with Gasteiger partial charge in [0.25, 0.3) is 0 Å². The molecular weight excluding hydrogens is 228 g/mol. The molecule has 0 N–H and O–H groups in total. The second-order valence-corrected chi connectivity index (χ2v) is 4.72. The minimum absolute atomic E-state index is 0.202. The largest absolute Gasteiger partial charge is 0.494 e. The average molecular weight is 250 g/mol. The zero-order valence-corrected chi connectivity index (χ0v) is 11.7. The lowest BCUT2D eigenvalue weighted by Gasteiger charge is -2.23. The quantitative estimate of drug-likeness (QED) is 0.727. The van der Waals surface area contributed by atoms with Crippen molar-refractivity contribution >= 4 is 5.97 Å². The van der Waals surface area contributed by atoms with Crippen LogP contribution in [0.3, 0.4) is 0 Å². The predicted octanol–water partition coefficient (Wildman–Crippen LogP) is 3.32. The molecule has 0 bridgehead atoms. The van der Waals surface area contributed by atoms with Crippen LogP contribution in [-0.4, -0.2) is 19.2 Å². The van der Waals surface area contributed by atoms with Crippen molar-refractivity contribution in [3.63, 3.8) is 0 Å². The van der Waals surface area contributed by atoms with E-state index in [1.165, 1.54) is 0 Å². The number of carbonyl (C=O) groups is 1. The van der Waals surface area contributed by atoms with Gasteiger partial charge >= 0.3 is 5.97 Å². The Morgan fingerprint density at radius 3 is 2.28 bits per heavy atom. The number of hydrogen-bond donors (Lipinski definition) is 0. The van der Waals surface area contributed by atoms with Crippen molar-refractivity contribution < 1.29 is 14.3 Å². The zero-order chi connectivity index (χ0) is 13.6. The summed E-state index contributed by atoms with van der Waals surface area (Å²) in [5, 5.41) is 0. The Labute approximate surface area is 109 Å². The van der Waals surface area contributed by atoms with Gasteiger partial charge in [0.1, 0.15) is 5.75 Å². The Kier molecular flexibility index (Phi) is 5.20. The Hall–Kier alpha value is -1.51. The third-order valence-electron chi connectivity index (χ3n) is 2.83. The van der Waals surface area contributed by atoms with Gasteiger partial charge in [-0.05, 0) is 44.9 Å². The summed E-state index contributed by atoms with van der Waals surface area (Å²) in [4.78, 5) is 11.9. The van der Waals surface area contributed by atoms with Crippen LogP contribution in [0.1, 0.15) is 39.7 Å². The third kappa shape index (κ3) is 3.49. The van der Waals surface area contributed by atoms with E-state index in [2.05, 4.69) is 6.92 Å². The maximum Gasteiger partial charge on any atom is 0.315 e. The van der Waals surface area contributed by atoms with Crippen LogP contribution in [0, 0.1) is 0 Å². The van der Waals surface area contributed by atoms with Crippen molar-refractivity contribution in [3.8, 4) is 5.75 Å². The molecule has 0 saturated heterocycles. The molecule has 0 aliphatic heterocycles. The van der Waals surface area contributed by atoms with E-state index in [4.69, 9.17) is 9.47 Å². The maximum atomic E-state index is 11.9. The summed E-state index contributed by atoms with van der Waals surface area (Å²) in [5.74, 6) is 0.632. The van der Waals surface area contributed by atoms with Crippen LogP contribution in [-0.2, 0) is 14.9 Å². The molecule has 0 radical (unpaired) electrons. The highest BCUT2D eigenvalue weighted by Gasteiger charge is 2.31. The van der Waals surface area contributed by atoms with E-state index in [-0.39, 0.29) is 5.97 Å². The highest BCUT2D eigenvalue weighted by atomic mass is 16.5. The van der Waals surface area contributed by atoms with Crippen LogP contribution in [0.5, 0.6) is 5.75 Å². The molecule has 1 aromatic rings. The molecule has 1 rings (SSSR count). The minimum Gasteiger partial charge on any atom is -0.494 e. The molecule has 0 heterocycles. The Morgan fingerprint density at radius 2 is 1.78 bits per heavy atom. The molecule has 18 heavy (non-hydrogen) atoms. The Morgan fingerprint density at radius 1 is 1.17 bits per heavy atom. The van der Waals surface area contributed by atoms with E-state index < -0.39 is 5.41 Å². The maximum absolute atomic E-state index is 11.9. The SMILES string of the molecule is CCCOc1ccc(C(C)(C)C(=O)OCC)cc1. The number of esters is 1. The van der Waals surface area contributed by atoms with Gasteiger partial charge in [0.15, 0.2) is 0 Å². The third-order valence-corrected chi connectivity index (χ3v) is 2.83. The van der Waals surface area contributed by atoms with Gasteiger partial charge < -0.3 is 9.47 Å². The normalized spacial score (nSPS) is 11.1. The molecule has 3 nitrogen and oxygen atoms in total. The fraction of sp³-hybridized carbons (Fsp3) is 0.533. The predicted molar refractivity (Wildman–Crippen MR) is 71.9 cm³/mol. The van der Waals surface area contributed by atoms with Crippen LogP contribution in [0.2, 0.25) is 0 Å². The monoisotopic (exact) mass is 250 g/mol. The van der Waals surface area contributed by atoms with E-state index in [1.54, 1.807) is 0 Å². The van der Waals surface area contributed by atoms with Gasteiger partial charge in [0, 0.05) is 0 Å². The smallest absolute Gasteiger partial charge is 0.315 e. The summed E-state index contributed by atoms with van der Waals surface area (Å²) in [5.41, 5.74) is 0.309. The first-order chi connectivity index (χ1) is 8.52. The van der Waals surface area contributed by atoms with Crippen molar-refractivity contribution in [2.75, 3.05) is 13.2 Å². The number of hydrogen-bond acceptors (Lipinski definition) is 3. The van der Waals surface area contributed by atoms with Crippen LogP contribution >= 0.6 is 0 Å². The Balaban J connectivity index is 2.80. The summed E-state index contributed by atoms with van der Waals surface area (Å²) < 4.78 is 10.6. The summed E-state index contributed by atoms with van der Waals surface area (Å²) in [7, 11) is 0. The number of rotatable bonds is 6. The van der Waals surface area contributed by atoms with Crippen LogP contribution in [0.25, 0.3) is 0 Å². The molecular formula is C15H22O3. The van der Waals surface area contributed by atoms with Crippen LogP contribution in [0.15, 0.2) is 24.3 Å². The van der Waals surface area contributed by atoms with Crippen molar-refractivity contribution in [2.24, 2.45) is 0 Å². The summed E-state index contributed by atoms with van der Waals surface area (Å²) in [6.45, 7) is 8.73. The van der Waals surface area contributed by atoms with Gasteiger partial charge in [-0.1, -0.05) is 19.1 Å². The van der Waals surface area contributed by atoms with Gasteiger partial charge in [-0.2, -0.15) is 0 Å². The highest BCUT2D eigenvalue weighted by molar-refractivity contribution is 5.82. The number of carbonyl (C=O) groups excluding carboxylic acids is 1. The van der Waals surface area contributed by atoms with E-state index in [0.29, 0.717) is 13.2 Å². The van der Waals surface area contributed by atoms with E-state index in [9.17, 15) is 4.79 Å². The van der Waals surface area contributed by atoms with Gasteiger partial charge in [-0.25, -0.2) is 0 Å². The van der Waals surface area contributed by atoms with Gasteiger partial charge in [-0.15, -0.1) is 0 Å². The molecule has 0 aliphatic carbocycles. The summed E-state index contributed by atoms with van der Waals surface area (Å²) >= 11 is 0. The molecule has 0 atom stereocenters. The topological polar surface area (TPSA) is 35.5 Å². The van der Waals surface area contributed by atoms with E-state index >= 15 is 0 Å². The molecule has 0 amide bonds. The fourth-order valence-electron chi connectivity index (χ4n) is 1.62. The minimum atomic E-state index is -0.626. The first-order valence-electron chi connectivity index (χ1n) is 6.43.